The van der Waals surface area contributed by atoms with Gasteiger partial charge in [-0.3, -0.25) is 4.79 Å². The highest BCUT2D eigenvalue weighted by Crippen LogP contribution is 2.28. The molecule has 3 aromatic rings. The van der Waals surface area contributed by atoms with Crippen molar-refractivity contribution in [2.45, 2.75) is 0 Å². The molecule has 0 aliphatic heterocycles. The number of benzene rings is 2. The molecule has 1 heterocycles. The molecule has 0 fully saturated rings. The van der Waals surface area contributed by atoms with Crippen molar-refractivity contribution in [2.24, 2.45) is 0 Å². The van der Waals surface area contributed by atoms with Gasteiger partial charge in [-0.1, -0.05) is 12.1 Å². The van der Waals surface area contributed by atoms with E-state index in [1.54, 1.807) is 35.2 Å². The number of nitriles is 1. The van der Waals surface area contributed by atoms with Gasteiger partial charge in [-0.2, -0.15) is 10.4 Å². The van der Waals surface area contributed by atoms with E-state index in [0.717, 1.165) is 11.3 Å². The van der Waals surface area contributed by atoms with Crippen molar-refractivity contribution in [1.82, 2.24) is 9.78 Å². The maximum absolute atomic E-state index is 12.2. The molecule has 1 aromatic heterocycles. The summed E-state index contributed by atoms with van der Waals surface area (Å²) in [4.78, 5) is 12.2. The molecule has 0 saturated heterocycles. The zero-order chi connectivity index (χ0) is 19.8. The van der Waals surface area contributed by atoms with E-state index in [9.17, 15) is 4.79 Å². The monoisotopic (exact) mass is 374 g/mol. The number of nitrogens with zero attached hydrogens (tertiary/aromatic N) is 3. The van der Waals surface area contributed by atoms with Crippen LogP contribution in [0.15, 0.2) is 67.0 Å². The minimum Gasteiger partial charge on any atom is -0.493 e. The smallest absolute Gasteiger partial charge is 0.248 e. The van der Waals surface area contributed by atoms with E-state index in [-0.39, 0.29) is 12.5 Å². The number of anilines is 1. The Hall–Kier alpha value is -4.05. The third-order valence-corrected chi connectivity index (χ3v) is 3.79. The van der Waals surface area contributed by atoms with Crippen molar-refractivity contribution < 1.29 is 14.3 Å². The Morgan fingerprint density at radius 2 is 2.14 bits per heavy atom. The highest BCUT2D eigenvalue weighted by Gasteiger charge is 2.05. The van der Waals surface area contributed by atoms with Gasteiger partial charge in [0, 0.05) is 24.2 Å². The SMILES string of the molecule is COc1cc(/C=C/C(=O)Nc2cccc(-n3cccn3)c2)ccc1OCC#N. The molecule has 0 spiro atoms. The number of aromatic nitrogens is 2. The number of methoxy groups -OCH3 is 1. The molecule has 0 bridgehead atoms. The van der Waals surface area contributed by atoms with Gasteiger partial charge in [-0.15, -0.1) is 0 Å². The third-order valence-electron chi connectivity index (χ3n) is 3.79. The van der Waals surface area contributed by atoms with Crippen LogP contribution in [0.3, 0.4) is 0 Å². The Bertz CT molecular complexity index is 1020. The average Bonchev–Trinajstić information content (AvgIpc) is 3.26. The number of rotatable bonds is 7. The number of hydrogen-bond acceptors (Lipinski definition) is 5. The van der Waals surface area contributed by atoms with Gasteiger partial charge in [-0.25, -0.2) is 4.68 Å². The highest BCUT2D eigenvalue weighted by molar-refractivity contribution is 6.02. The maximum atomic E-state index is 12.2. The van der Waals surface area contributed by atoms with Crippen LogP contribution in [0.5, 0.6) is 11.5 Å². The standard InChI is InChI=1S/C21H18N4O3/c1-27-20-14-16(6-8-19(20)28-13-10-22)7-9-21(26)24-17-4-2-5-18(15-17)25-12-3-11-23-25/h2-9,11-12,14-15H,13H2,1H3,(H,24,26)/b9-7+. The first-order valence-electron chi connectivity index (χ1n) is 8.46. The van der Waals surface area contributed by atoms with E-state index in [0.29, 0.717) is 17.2 Å². The molecule has 0 saturated carbocycles. The zero-order valence-corrected chi connectivity index (χ0v) is 15.2. The lowest BCUT2D eigenvalue weighted by molar-refractivity contribution is -0.111. The van der Waals surface area contributed by atoms with Crippen LogP contribution in [0.2, 0.25) is 0 Å². The van der Waals surface area contributed by atoms with Gasteiger partial charge in [0.25, 0.3) is 0 Å². The molecule has 0 atom stereocenters. The molecular weight excluding hydrogens is 356 g/mol. The normalized spacial score (nSPS) is 10.4. The Labute approximate surface area is 162 Å². The number of carbonyl (C=O) groups is 1. The van der Waals surface area contributed by atoms with Gasteiger partial charge in [0.05, 0.1) is 12.8 Å². The van der Waals surface area contributed by atoms with E-state index in [1.165, 1.54) is 13.2 Å². The van der Waals surface area contributed by atoms with Crippen LogP contribution < -0.4 is 14.8 Å². The predicted octanol–water partition coefficient (Wildman–Crippen LogP) is 3.44. The molecule has 7 heteroatoms. The summed E-state index contributed by atoms with van der Waals surface area (Å²) in [6.07, 6.45) is 6.63. The van der Waals surface area contributed by atoms with E-state index >= 15 is 0 Å². The largest absolute Gasteiger partial charge is 0.493 e. The summed E-state index contributed by atoms with van der Waals surface area (Å²) in [5, 5.41) is 15.6. The van der Waals surface area contributed by atoms with E-state index in [2.05, 4.69) is 10.4 Å². The van der Waals surface area contributed by atoms with Crippen molar-refractivity contribution in [1.29, 1.82) is 5.26 Å². The van der Waals surface area contributed by atoms with Crippen molar-refractivity contribution in [3.8, 4) is 23.3 Å². The fourth-order valence-electron chi connectivity index (χ4n) is 2.52. The van der Waals surface area contributed by atoms with E-state index in [1.807, 2.05) is 42.6 Å². The first-order valence-corrected chi connectivity index (χ1v) is 8.46. The molecule has 7 nitrogen and oxygen atoms in total. The zero-order valence-electron chi connectivity index (χ0n) is 15.2. The summed E-state index contributed by atoms with van der Waals surface area (Å²) < 4.78 is 12.3. The summed E-state index contributed by atoms with van der Waals surface area (Å²) in [5.74, 6) is 0.701. The van der Waals surface area contributed by atoms with Gasteiger partial charge < -0.3 is 14.8 Å². The Morgan fingerprint density at radius 3 is 2.89 bits per heavy atom. The second kappa shape index (κ2) is 9.05. The minimum atomic E-state index is -0.263. The van der Waals surface area contributed by atoms with Crippen LogP contribution in [0.4, 0.5) is 5.69 Å². The molecule has 2 aromatic carbocycles. The van der Waals surface area contributed by atoms with Crippen LogP contribution in [0.25, 0.3) is 11.8 Å². The Morgan fingerprint density at radius 1 is 1.25 bits per heavy atom. The summed E-state index contributed by atoms with van der Waals surface area (Å²) >= 11 is 0. The molecule has 1 amide bonds. The van der Waals surface area contributed by atoms with Crippen LogP contribution >= 0.6 is 0 Å². The Kier molecular flexibility index (Phi) is 6.06. The number of hydrogen-bond donors (Lipinski definition) is 1. The topological polar surface area (TPSA) is 89.2 Å². The highest BCUT2D eigenvalue weighted by atomic mass is 16.5. The molecule has 1 N–H and O–H groups in total. The quantitative estimate of drug-likeness (QED) is 0.640. The van der Waals surface area contributed by atoms with Crippen molar-refractivity contribution >= 4 is 17.7 Å². The molecule has 0 radical (unpaired) electrons. The lowest BCUT2D eigenvalue weighted by Gasteiger charge is -2.09. The average molecular weight is 374 g/mol. The lowest BCUT2D eigenvalue weighted by Crippen LogP contribution is -2.08. The van der Waals surface area contributed by atoms with Crippen LogP contribution in [0.1, 0.15) is 5.56 Å². The van der Waals surface area contributed by atoms with Crippen molar-refractivity contribution in [3.63, 3.8) is 0 Å². The number of carbonyl (C=O) groups excluding carboxylic acids is 1. The number of nitrogens with one attached hydrogen (secondary N) is 1. The second-order valence-electron chi connectivity index (χ2n) is 5.68. The molecule has 0 aliphatic carbocycles. The fourth-order valence-corrected chi connectivity index (χ4v) is 2.52. The third kappa shape index (κ3) is 4.77. The molecule has 28 heavy (non-hydrogen) atoms. The van der Waals surface area contributed by atoms with Crippen LogP contribution in [-0.2, 0) is 4.79 Å². The molecule has 3 rings (SSSR count). The predicted molar refractivity (Wildman–Crippen MR) is 105 cm³/mol. The van der Waals surface area contributed by atoms with Crippen LogP contribution in [0, 0.1) is 11.3 Å². The van der Waals surface area contributed by atoms with Gasteiger partial charge in [0.1, 0.15) is 6.07 Å². The fraction of sp³-hybridized carbons (Fsp3) is 0.0952. The summed E-state index contributed by atoms with van der Waals surface area (Å²) in [7, 11) is 1.52. The number of amides is 1. The first-order chi connectivity index (χ1) is 13.7. The van der Waals surface area contributed by atoms with Crippen LogP contribution in [-0.4, -0.2) is 29.4 Å². The second-order valence-corrected chi connectivity index (χ2v) is 5.68. The molecule has 0 aliphatic rings. The maximum Gasteiger partial charge on any atom is 0.248 e. The van der Waals surface area contributed by atoms with Crippen molar-refractivity contribution in [2.75, 3.05) is 19.0 Å². The molecular formula is C21H18N4O3. The summed E-state index contributed by atoms with van der Waals surface area (Å²) in [5.41, 5.74) is 2.28. The summed E-state index contributed by atoms with van der Waals surface area (Å²) in [6.45, 7) is -0.0639. The van der Waals surface area contributed by atoms with Gasteiger partial charge in [-0.05, 0) is 48.0 Å². The minimum absolute atomic E-state index is 0.0639. The molecule has 0 unspecified atom stereocenters. The van der Waals surface area contributed by atoms with E-state index < -0.39 is 0 Å². The summed E-state index contributed by atoms with van der Waals surface area (Å²) in [6, 6.07) is 16.3. The Balaban J connectivity index is 1.67. The van der Waals surface area contributed by atoms with E-state index in [4.69, 9.17) is 14.7 Å². The lowest BCUT2D eigenvalue weighted by atomic mass is 10.2. The van der Waals surface area contributed by atoms with Gasteiger partial charge in [0.2, 0.25) is 5.91 Å². The van der Waals surface area contributed by atoms with Gasteiger partial charge >= 0.3 is 0 Å². The van der Waals surface area contributed by atoms with Gasteiger partial charge in [0.15, 0.2) is 18.1 Å². The number of ether oxygens (including phenoxy) is 2. The molecule has 140 valence electrons. The van der Waals surface area contributed by atoms with Crippen molar-refractivity contribution in [3.05, 3.63) is 72.6 Å². The first kappa shape index (κ1) is 18.7.